The molecule has 72 valence electrons. The zero-order valence-corrected chi connectivity index (χ0v) is 7.76. The zero-order valence-electron chi connectivity index (χ0n) is 7.76. The number of aromatic nitrogens is 1. The summed E-state index contributed by atoms with van der Waals surface area (Å²) in [7, 11) is 1.91. The molecule has 0 saturated carbocycles. The first-order chi connectivity index (χ1) is 6.33. The van der Waals surface area contributed by atoms with E-state index < -0.39 is 0 Å². The van der Waals surface area contributed by atoms with Crippen LogP contribution in [0.25, 0.3) is 0 Å². The minimum absolute atomic E-state index is 0.0482. The highest BCUT2D eigenvalue weighted by Gasteiger charge is 1.91. The Kier molecular flexibility index (Phi) is 4.21. The van der Waals surface area contributed by atoms with E-state index in [1.165, 1.54) is 0 Å². The van der Waals surface area contributed by atoms with Crippen LogP contribution in [0.3, 0.4) is 0 Å². The Morgan fingerprint density at radius 2 is 2.31 bits per heavy atom. The molecule has 13 heavy (non-hydrogen) atoms. The average molecular weight is 181 g/mol. The van der Waals surface area contributed by atoms with E-state index in [0.29, 0.717) is 0 Å². The van der Waals surface area contributed by atoms with Crippen molar-refractivity contribution in [3.05, 3.63) is 34.2 Å². The molecule has 0 aliphatic rings. The van der Waals surface area contributed by atoms with Gasteiger partial charge in [0.15, 0.2) is 0 Å². The van der Waals surface area contributed by atoms with E-state index in [0.717, 1.165) is 25.2 Å². The molecular formula is C9H15N3O. The first kappa shape index (κ1) is 9.95. The van der Waals surface area contributed by atoms with Crippen LogP contribution in [0.4, 0.5) is 0 Å². The maximum Gasteiger partial charge on any atom is 0.248 e. The fourth-order valence-corrected chi connectivity index (χ4v) is 1.05. The fraction of sp³-hybridized carbons (Fsp3) is 0.444. The van der Waals surface area contributed by atoms with Gasteiger partial charge in [0, 0.05) is 31.9 Å². The molecule has 0 fully saturated rings. The standard InChI is InChI=1S/C9H15N3O/c1-10-4-5-11-7-8-2-3-12-9(13)6-8/h2-3,6,10-11H,4-5,7H2,1H3,(H,12,13). The highest BCUT2D eigenvalue weighted by molar-refractivity contribution is 5.09. The lowest BCUT2D eigenvalue weighted by Crippen LogP contribution is -2.24. The number of hydrogen-bond donors (Lipinski definition) is 3. The quantitative estimate of drug-likeness (QED) is 0.546. The van der Waals surface area contributed by atoms with Crippen molar-refractivity contribution in [2.24, 2.45) is 0 Å². The Hall–Kier alpha value is -1.13. The summed E-state index contributed by atoms with van der Waals surface area (Å²) in [6.07, 6.45) is 1.66. The molecule has 0 aliphatic heterocycles. The molecule has 0 aliphatic carbocycles. The van der Waals surface area contributed by atoms with Crippen molar-refractivity contribution < 1.29 is 0 Å². The molecule has 4 nitrogen and oxygen atoms in total. The van der Waals surface area contributed by atoms with Gasteiger partial charge in [0.05, 0.1) is 0 Å². The molecule has 0 bridgehead atoms. The summed E-state index contributed by atoms with van der Waals surface area (Å²) < 4.78 is 0. The number of H-pyrrole nitrogens is 1. The van der Waals surface area contributed by atoms with Crippen molar-refractivity contribution in [1.82, 2.24) is 15.6 Å². The van der Waals surface area contributed by atoms with E-state index in [9.17, 15) is 4.79 Å². The van der Waals surface area contributed by atoms with E-state index in [1.807, 2.05) is 13.1 Å². The summed E-state index contributed by atoms with van der Waals surface area (Å²) in [4.78, 5) is 13.5. The smallest absolute Gasteiger partial charge is 0.248 e. The summed E-state index contributed by atoms with van der Waals surface area (Å²) in [5.41, 5.74) is 0.966. The van der Waals surface area contributed by atoms with Gasteiger partial charge < -0.3 is 15.6 Å². The molecule has 4 heteroatoms. The first-order valence-corrected chi connectivity index (χ1v) is 4.36. The van der Waals surface area contributed by atoms with E-state index in [1.54, 1.807) is 12.3 Å². The lowest BCUT2D eigenvalue weighted by Gasteiger charge is -2.03. The van der Waals surface area contributed by atoms with E-state index in [2.05, 4.69) is 15.6 Å². The van der Waals surface area contributed by atoms with Gasteiger partial charge in [0.2, 0.25) is 5.56 Å². The largest absolute Gasteiger partial charge is 0.329 e. The summed E-state index contributed by atoms with van der Waals surface area (Å²) in [5, 5.41) is 6.25. The maximum absolute atomic E-state index is 10.9. The third-order valence-electron chi connectivity index (χ3n) is 1.72. The highest BCUT2D eigenvalue weighted by atomic mass is 16.1. The molecule has 0 aromatic carbocycles. The predicted molar refractivity (Wildman–Crippen MR) is 52.7 cm³/mol. The minimum atomic E-state index is -0.0482. The Morgan fingerprint density at radius 3 is 3.00 bits per heavy atom. The lowest BCUT2D eigenvalue weighted by atomic mass is 10.3. The van der Waals surface area contributed by atoms with Crippen LogP contribution in [0, 0.1) is 0 Å². The summed E-state index contributed by atoms with van der Waals surface area (Å²) in [6, 6.07) is 3.50. The van der Waals surface area contributed by atoms with Crippen LogP contribution >= 0.6 is 0 Å². The molecule has 1 aromatic heterocycles. The molecule has 0 amide bonds. The third-order valence-corrected chi connectivity index (χ3v) is 1.72. The molecule has 0 saturated heterocycles. The normalized spacial score (nSPS) is 10.2. The fourth-order valence-electron chi connectivity index (χ4n) is 1.05. The molecule has 1 heterocycles. The second-order valence-electron chi connectivity index (χ2n) is 2.84. The number of likely N-dealkylation sites (N-methyl/N-ethyl adjacent to an activating group) is 1. The van der Waals surface area contributed by atoms with Gasteiger partial charge >= 0.3 is 0 Å². The molecule has 3 N–H and O–H groups in total. The van der Waals surface area contributed by atoms with Crippen LogP contribution in [-0.4, -0.2) is 25.1 Å². The molecule has 0 radical (unpaired) electrons. The van der Waals surface area contributed by atoms with Crippen molar-refractivity contribution in [2.75, 3.05) is 20.1 Å². The second kappa shape index (κ2) is 5.50. The van der Waals surface area contributed by atoms with Crippen LogP contribution in [0.2, 0.25) is 0 Å². The summed E-state index contributed by atoms with van der Waals surface area (Å²) in [6.45, 7) is 2.58. The molecule has 0 spiro atoms. The predicted octanol–water partition coefficient (Wildman–Crippen LogP) is -0.316. The third kappa shape index (κ3) is 3.87. The van der Waals surface area contributed by atoms with Crippen LogP contribution in [0.1, 0.15) is 5.56 Å². The molecule has 1 rings (SSSR count). The van der Waals surface area contributed by atoms with Gasteiger partial charge in [0.1, 0.15) is 0 Å². The number of rotatable bonds is 5. The topological polar surface area (TPSA) is 56.9 Å². The maximum atomic E-state index is 10.9. The van der Waals surface area contributed by atoms with Gasteiger partial charge in [-0.1, -0.05) is 0 Å². The van der Waals surface area contributed by atoms with Crippen LogP contribution in [0.15, 0.2) is 23.1 Å². The average Bonchev–Trinajstić information content (AvgIpc) is 2.13. The van der Waals surface area contributed by atoms with Gasteiger partial charge in [-0.15, -0.1) is 0 Å². The van der Waals surface area contributed by atoms with Crippen LogP contribution in [0.5, 0.6) is 0 Å². The second-order valence-corrected chi connectivity index (χ2v) is 2.84. The van der Waals surface area contributed by atoms with Crippen molar-refractivity contribution in [3.63, 3.8) is 0 Å². The van der Waals surface area contributed by atoms with Gasteiger partial charge in [-0.25, -0.2) is 0 Å². The molecular weight excluding hydrogens is 166 g/mol. The number of aromatic amines is 1. The lowest BCUT2D eigenvalue weighted by molar-refractivity contribution is 0.650. The van der Waals surface area contributed by atoms with Gasteiger partial charge in [-0.2, -0.15) is 0 Å². The first-order valence-electron chi connectivity index (χ1n) is 4.36. The highest BCUT2D eigenvalue weighted by Crippen LogP contribution is 1.90. The number of pyridine rings is 1. The Labute approximate surface area is 77.4 Å². The van der Waals surface area contributed by atoms with Gasteiger partial charge in [0.25, 0.3) is 0 Å². The SMILES string of the molecule is CNCCNCc1cc[nH]c(=O)c1. The van der Waals surface area contributed by atoms with Crippen LogP contribution < -0.4 is 16.2 Å². The Morgan fingerprint density at radius 1 is 1.46 bits per heavy atom. The minimum Gasteiger partial charge on any atom is -0.329 e. The molecule has 0 unspecified atom stereocenters. The van der Waals surface area contributed by atoms with E-state index in [-0.39, 0.29) is 5.56 Å². The van der Waals surface area contributed by atoms with Crippen molar-refractivity contribution >= 4 is 0 Å². The zero-order chi connectivity index (χ0) is 9.52. The van der Waals surface area contributed by atoms with Gasteiger partial charge in [-0.3, -0.25) is 4.79 Å². The Bertz CT molecular complexity index is 295. The molecule has 1 aromatic rings. The van der Waals surface area contributed by atoms with Crippen molar-refractivity contribution in [2.45, 2.75) is 6.54 Å². The van der Waals surface area contributed by atoms with E-state index in [4.69, 9.17) is 0 Å². The summed E-state index contributed by atoms with van der Waals surface area (Å²) in [5.74, 6) is 0. The van der Waals surface area contributed by atoms with Crippen molar-refractivity contribution in [3.8, 4) is 0 Å². The summed E-state index contributed by atoms with van der Waals surface area (Å²) >= 11 is 0. The van der Waals surface area contributed by atoms with Crippen LogP contribution in [-0.2, 0) is 6.54 Å². The molecule has 0 atom stereocenters. The monoisotopic (exact) mass is 181 g/mol. The number of nitrogens with one attached hydrogen (secondary N) is 3. The van der Waals surface area contributed by atoms with Gasteiger partial charge in [-0.05, 0) is 18.7 Å². The number of hydrogen-bond acceptors (Lipinski definition) is 3. The van der Waals surface area contributed by atoms with E-state index >= 15 is 0 Å². The van der Waals surface area contributed by atoms with Crippen molar-refractivity contribution in [1.29, 1.82) is 0 Å². The Balaban J connectivity index is 2.33.